The van der Waals surface area contributed by atoms with Crippen molar-refractivity contribution in [2.75, 3.05) is 33.8 Å². The van der Waals surface area contributed by atoms with E-state index in [4.69, 9.17) is 16.3 Å². The van der Waals surface area contributed by atoms with Crippen LogP contribution in [0.15, 0.2) is 24.3 Å². The maximum Gasteiger partial charge on any atom is 0.137 e. The van der Waals surface area contributed by atoms with Gasteiger partial charge in [-0.2, -0.15) is 0 Å². The summed E-state index contributed by atoms with van der Waals surface area (Å²) in [5.74, 6) is 0.906. The lowest BCUT2D eigenvalue weighted by molar-refractivity contribution is -0.890. The van der Waals surface area contributed by atoms with Crippen LogP contribution in [-0.2, 0) is 0 Å². The van der Waals surface area contributed by atoms with Crippen molar-refractivity contribution in [1.29, 1.82) is 0 Å². The minimum Gasteiger partial charge on any atom is -1.00 e. The molecule has 2 nitrogen and oxygen atoms in total. The number of benzene rings is 1. The SMILES string of the molecule is CCCCCCCCCCCC[N+](C)(C)CCOc1ccc(Cl)cc1.[Br-]. The number of unbranched alkanes of at least 4 members (excludes halogenated alkanes) is 9. The molecule has 0 aromatic heterocycles. The Morgan fingerprint density at radius 1 is 0.769 bits per heavy atom. The molecule has 0 aliphatic carbocycles. The summed E-state index contributed by atoms with van der Waals surface area (Å²) in [6.45, 7) is 5.32. The predicted molar refractivity (Wildman–Crippen MR) is 111 cm³/mol. The largest absolute Gasteiger partial charge is 1.00 e. The molecule has 1 rings (SSSR count). The summed E-state index contributed by atoms with van der Waals surface area (Å²) in [6, 6.07) is 7.62. The molecule has 0 saturated carbocycles. The van der Waals surface area contributed by atoms with Gasteiger partial charge in [0.15, 0.2) is 0 Å². The minimum atomic E-state index is 0. The molecule has 152 valence electrons. The number of hydrogen-bond donors (Lipinski definition) is 0. The molecule has 0 atom stereocenters. The van der Waals surface area contributed by atoms with Crippen LogP contribution >= 0.6 is 11.6 Å². The molecule has 0 saturated heterocycles. The van der Waals surface area contributed by atoms with Gasteiger partial charge in [0.25, 0.3) is 0 Å². The van der Waals surface area contributed by atoms with Crippen molar-refractivity contribution in [1.82, 2.24) is 0 Å². The second-order valence-electron chi connectivity index (χ2n) is 7.87. The molecule has 1 aromatic carbocycles. The van der Waals surface area contributed by atoms with Crippen LogP contribution < -0.4 is 21.7 Å². The molecule has 26 heavy (non-hydrogen) atoms. The Morgan fingerprint density at radius 3 is 1.81 bits per heavy atom. The second kappa shape index (κ2) is 15.8. The van der Waals surface area contributed by atoms with Gasteiger partial charge in [-0.3, -0.25) is 0 Å². The smallest absolute Gasteiger partial charge is 0.137 e. The Kier molecular flexibility index (Phi) is 15.6. The zero-order chi connectivity index (χ0) is 18.4. The normalized spacial score (nSPS) is 11.2. The van der Waals surface area contributed by atoms with Crippen LogP contribution in [0.2, 0.25) is 5.02 Å². The first-order valence-corrected chi connectivity index (χ1v) is 10.6. The standard InChI is InChI=1S/C22H39ClNO.BrH/c1-4-5-6-7-8-9-10-11-12-13-18-24(2,3)19-20-25-22-16-14-21(23)15-17-22;/h14-17H,4-13,18-20H2,1-3H3;1H/q+1;/p-1. The number of nitrogens with zero attached hydrogens (tertiary/aromatic N) is 1. The Hall–Kier alpha value is -0.250. The molecule has 0 aliphatic heterocycles. The van der Waals surface area contributed by atoms with Crippen LogP contribution in [0.25, 0.3) is 0 Å². The molecule has 4 heteroatoms. The van der Waals surface area contributed by atoms with E-state index in [0.29, 0.717) is 0 Å². The van der Waals surface area contributed by atoms with Crippen molar-refractivity contribution in [3.63, 3.8) is 0 Å². The van der Waals surface area contributed by atoms with Gasteiger partial charge in [-0.05, 0) is 37.1 Å². The van der Waals surface area contributed by atoms with E-state index in [0.717, 1.165) is 28.4 Å². The van der Waals surface area contributed by atoms with E-state index in [9.17, 15) is 0 Å². The molecule has 0 fully saturated rings. The fourth-order valence-electron chi connectivity index (χ4n) is 3.08. The molecule has 0 unspecified atom stereocenters. The summed E-state index contributed by atoms with van der Waals surface area (Å²) in [4.78, 5) is 0. The van der Waals surface area contributed by atoms with Gasteiger partial charge in [-0.15, -0.1) is 0 Å². The van der Waals surface area contributed by atoms with Gasteiger partial charge in [0.1, 0.15) is 18.9 Å². The van der Waals surface area contributed by atoms with Crippen LogP contribution in [0, 0.1) is 0 Å². The van der Waals surface area contributed by atoms with Gasteiger partial charge in [0.2, 0.25) is 0 Å². The quantitative estimate of drug-likeness (QED) is 0.293. The second-order valence-corrected chi connectivity index (χ2v) is 8.30. The fraction of sp³-hybridized carbons (Fsp3) is 0.727. The fourth-order valence-corrected chi connectivity index (χ4v) is 3.21. The van der Waals surface area contributed by atoms with E-state index in [1.807, 2.05) is 24.3 Å². The number of halogens is 2. The zero-order valence-electron chi connectivity index (χ0n) is 17.1. The van der Waals surface area contributed by atoms with Crippen molar-refractivity contribution in [2.24, 2.45) is 0 Å². The van der Waals surface area contributed by atoms with Gasteiger partial charge < -0.3 is 26.2 Å². The van der Waals surface area contributed by atoms with Gasteiger partial charge in [-0.25, -0.2) is 0 Å². The first-order valence-electron chi connectivity index (χ1n) is 10.2. The van der Waals surface area contributed by atoms with Gasteiger partial charge in [0, 0.05) is 5.02 Å². The van der Waals surface area contributed by atoms with Crippen LogP contribution in [-0.4, -0.2) is 38.3 Å². The van der Waals surface area contributed by atoms with Crippen LogP contribution in [0.5, 0.6) is 5.75 Å². The van der Waals surface area contributed by atoms with E-state index < -0.39 is 0 Å². The molecule has 0 N–H and O–H groups in total. The third-order valence-corrected chi connectivity index (χ3v) is 5.15. The Balaban J connectivity index is 0.00000625. The highest BCUT2D eigenvalue weighted by atomic mass is 79.9. The number of ether oxygens (including phenoxy) is 1. The third-order valence-electron chi connectivity index (χ3n) is 4.90. The number of hydrogen-bond acceptors (Lipinski definition) is 1. The summed E-state index contributed by atoms with van der Waals surface area (Å²) in [5.41, 5.74) is 0. The van der Waals surface area contributed by atoms with E-state index >= 15 is 0 Å². The average Bonchev–Trinajstić information content (AvgIpc) is 2.58. The predicted octanol–water partition coefficient (Wildman–Crippen LogP) is 3.72. The van der Waals surface area contributed by atoms with Crippen LogP contribution in [0.4, 0.5) is 0 Å². The number of rotatable bonds is 15. The Bertz CT molecular complexity index is 436. The van der Waals surface area contributed by atoms with Crippen LogP contribution in [0.3, 0.4) is 0 Å². The third kappa shape index (κ3) is 13.9. The lowest BCUT2D eigenvalue weighted by Gasteiger charge is -2.29. The summed E-state index contributed by atoms with van der Waals surface area (Å²) in [6.07, 6.45) is 14.0. The average molecular weight is 449 g/mol. The topological polar surface area (TPSA) is 9.23 Å². The lowest BCUT2D eigenvalue weighted by atomic mass is 10.1. The van der Waals surface area contributed by atoms with E-state index in [2.05, 4.69) is 21.0 Å². The van der Waals surface area contributed by atoms with Gasteiger partial charge >= 0.3 is 0 Å². The van der Waals surface area contributed by atoms with E-state index in [-0.39, 0.29) is 17.0 Å². The number of likely N-dealkylation sites (N-methyl/N-ethyl adjacent to an activating group) is 1. The molecular weight excluding hydrogens is 410 g/mol. The highest BCUT2D eigenvalue weighted by molar-refractivity contribution is 6.30. The number of quaternary nitrogens is 1. The maximum atomic E-state index is 5.89. The molecule has 0 spiro atoms. The van der Waals surface area contributed by atoms with Crippen LogP contribution in [0.1, 0.15) is 71.1 Å². The van der Waals surface area contributed by atoms with Gasteiger partial charge in [-0.1, -0.05) is 69.9 Å². The maximum absolute atomic E-state index is 5.89. The Morgan fingerprint density at radius 2 is 1.27 bits per heavy atom. The molecule has 0 radical (unpaired) electrons. The Labute approximate surface area is 177 Å². The van der Waals surface area contributed by atoms with Crippen molar-refractivity contribution < 1.29 is 26.2 Å². The molecule has 0 aliphatic rings. The van der Waals surface area contributed by atoms with Crippen molar-refractivity contribution >= 4 is 11.6 Å². The first kappa shape index (κ1) is 25.8. The summed E-state index contributed by atoms with van der Waals surface area (Å²) >= 11 is 5.89. The summed E-state index contributed by atoms with van der Waals surface area (Å²) < 4.78 is 6.85. The molecule has 0 amide bonds. The minimum absolute atomic E-state index is 0. The van der Waals surface area contributed by atoms with E-state index in [1.165, 1.54) is 70.8 Å². The van der Waals surface area contributed by atoms with Crippen molar-refractivity contribution in [2.45, 2.75) is 71.1 Å². The van der Waals surface area contributed by atoms with Crippen molar-refractivity contribution in [3.8, 4) is 5.75 Å². The lowest BCUT2D eigenvalue weighted by Crippen LogP contribution is -3.00. The molecule has 0 heterocycles. The zero-order valence-corrected chi connectivity index (χ0v) is 19.5. The summed E-state index contributed by atoms with van der Waals surface area (Å²) in [5, 5.41) is 0.754. The van der Waals surface area contributed by atoms with E-state index in [1.54, 1.807) is 0 Å². The highest BCUT2D eigenvalue weighted by Gasteiger charge is 2.14. The van der Waals surface area contributed by atoms with Gasteiger partial charge in [0.05, 0.1) is 20.6 Å². The highest BCUT2D eigenvalue weighted by Crippen LogP contribution is 2.16. The summed E-state index contributed by atoms with van der Waals surface area (Å²) in [7, 11) is 4.61. The first-order chi connectivity index (χ1) is 12.0. The monoisotopic (exact) mass is 447 g/mol. The molecular formula is C22H39BrClNO. The molecule has 0 bridgehead atoms. The van der Waals surface area contributed by atoms with Crippen molar-refractivity contribution in [3.05, 3.63) is 29.3 Å². The molecule has 1 aromatic rings.